The molecule has 6 nitrogen and oxygen atoms in total. The molecule has 0 fully saturated rings. The first kappa shape index (κ1) is 19.8. The van der Waals surface area contributed by atoms with Crippen molar-refractivity contribution in [3.63, 3.8) is 0 Å². The monoisotopic (exact) mass is 397 g/mol. The number of aromatic nitrogens is 2. The molecule has 1 aromatic heterocycles. The van der Waals surface area contributed by atoms with Crippen molar-refractivity contribution < 1.29 is 9.53 Å². The van der Waals surface area contributed by atoms with Crippen molar-refractivity contribution in [2.45, 2.75) is 6.54 Å². The maximum atomic E-state index is 12.7. The highest BCUT2D eigenvalue weighted by atomic mass is 35.5. The van der Waals surface area contributed by atoms with Crippen molar-refractivity contribution >= 4 is 34.5 Å². The Morgan fingerprint density at radius 1 is 1.25 bits per heavy atom. The van der Waals surface area contributed by atoms with E-state index < -0.39 is 0 Å². The highest BCUT2D eigenvalue weighted by Gasteiger charge is 2.14. The van der Waals surface area contributed by atoms with Crippen LogP contribution >= 0.6 is 11.6 Å². The minimum atomic E-state index is -0.228. The smallest absolute Gasteiger partial charge is 0.258 e. The molecule has 0 radical (unpaired) electrons. The highest BCUT2D eigenvalue weighted by molar-refractivity contribution is 6.30. The first-order chi connectivity index (χ1) is 13.6. The summed E-state index contributed by atoms with van der Waals surface area (Å²) >= 11 is 5.97. The number of halogens is 1. The molecule has 0 saturated carbocycles. The Hall–Kier alpha value is -2.96. The Bertz CT molecular complexity index is 1060. The lowest BCUT2D eigenvalue weighted by Crippen LogP contribution is -2.33. The molecule has 28 heavy (non-hydrogen) atoms. The number of aromatic amines is 1. The van der Waals surface area contributed by atoms with Gasteiger partial charge in [0.1, 0.15) is 5.82 Å². The van der Waals surface area contributed by atoms with E-state index in [9.17, 15) is 9.59 Å². The number of benzene rings is 2. The minimum Gasteiger partial charge on any atom is -0.383 e. The van der Waals surface area contributed by atoms with Gasteiger partial charge in [0.25, 0.3) is 5.56 Å². The molecule has 0 aliphatic carbocycles. The van der Waals surface area contributed by atoms with Gasteiger partial charge in [-0.3, -0.25) is 9.59 Å². The molecular weight excluding hydrogens is 378 g/mol. The Balaban J connectivity index is 1.81. The van der Waals surface area contributed by atoms with E-state index in [4.69, 9.17) is 16.3 Å². The molecule has 0 saturated heterocycles. The van der Waals surface area contributed by atoms with Crippen molar-refractivity contribution in [1.82, 2.24) is 14.9 Å². The van der Waals surface area contributed by atoms with E-state index >= 15 is 0 Å². The van der Waals surface area contributed by atoms with E-state index in [1.807, 2.05) is 18.2 Å². The van der Waals surface area contributed by atoms with Gasteiger partial charge in [-0.25, -0.2) is 4.98 Å². The predicted molar refractivity (Wildman–Crippen MR) is 110 cm³/mol. The fraction of sp³-hybridized carbons (Fsp3) is 0.190. The summed E-state index contributed by atoms with van der Waals surface area (Å²) in [6, 6.07) is 14.3. The summed E-state index contributed by atoms with van der Waals surface area (Å²) < 4.78 is 5.10. The van der Waals surface area contributed by atoms with E-state index in [-0.39, 0.29) is 18.0 Å². The molecule has 3 aromatic rings. The molecule has 0 aliphatic rings. The van der Waals surface area contributed by atoms with Crippen LogP contribution in [0, 0.1) is 0 Å². The third kappa shape index (κ3) is 5.06. The van der Waals surface area contributed by atoms with E-state index in [0.717, 1.165) is 5.56 Å². The number of hydrogen-bond acceptors (Lipinski definition) is 4. The molecule has 0 aliphatic heterocycles. The number of fused-ring (bicyclic) bond motifs is 1. The third-order valence-electron chi connectivity index (χ3n) is 4.15. The molecule has 0 unspecified atom stereocenters. The van der Waals surface area contributed by atoms with Crippen LogP contribution in [0.1, 0.15) is 11.4 Å². The molecule has 144 valence electrons. The second-order valence-corrected chi connectivity index (χ2v) is 6.61. The van der Waals surface area contributed by atoms with Gasteiger partial charge in [-0.1, -0.05) is 35.9 Å². The fourth-order valence-electron chi connectivity index (χ4n) is 2.74. The lowest BCUT2D eigenvalue weighted by atomic mass is 10.2. The SMILES string of the molecule is COCCN(Cc1nc2ccccc2c(=O)[nH]1)C(=O)/C=C/c1cccc(Cl)c1. The second kappa shape index (κ2) is 9.30. The molecule has 0 spiro atoms. The number of ether oxygens (including phenoxy) is 1. The molecule has 1 N–H and O–H groups in total. The number of para-hydroxylation sites is 1. The van der Waals surface area contributed by atoms with Crippen LogP contribution in [0.25, 0.3) is 17.0 Å². The average molecular weight is 398 g/mol. The van der Waals surface area contributed by atoms with Crippen molar-refractivity contribution in [1.29, 1.82) is 0 Å². The average Bonchev–Trinajstić information content (AvgIpc) is 2.69. The topological polar surface area (TPSA) is 75.3 Å². The van der Waals surface area contributed by atoms with Crippen molar-refractivity contribution in [3.8, 4) is 0 Å². The van der Waals surface area contributed by atoms with Crippen molar-refractivity contribution in [3.05, 3.63) is 81.4 Å². The van der Waals surface area contributed by atoms with Gasteiger partial charge in [0.15, 0.2) is 0 Å². The first-order valence-electron chi connectivity index (χ1n) is 8.76. The lowest BCUT2D eigenvalue weighted by molar-refractivity contribution is -0.127. The third-order valence-corrected chi connectivity index (χ3v) is 4.38. The number of carbonyl (C=O) groups is 1. The fourth-order valence-corrected chi connectivity index (χ4v) is 2.94. The highest BCUT2D eigenvalue weighted by Crippen LogP contribution is 2.12. The van der Waals surface area contributed by atoms with Gasteiger partial charge in [0, 0.05) is 24.8 Å². The van der Waals surface area contributed by atoms with Gasteiger partial charge in [0.2, 0.25) is 5.91 Å². The largest absolute Gasteiger partial charge is 0.383 e. The number of H-pyrrole nitrogens is 1. The van der Waals surface area contributed by atoms with Crippen LogP contribution < -0.4 is 5.56 Å². The molecule has 0 atom stereocenters. The normalized spacial score (nSPS) is 11.2. The van der Waals surface area contributed by atoms with Crippen LogP contribution in [-0.2, 0) is 16.1 Å². The summed E-state index contributed by atoms with van der Waals surface area (Å²) in [5.74, 6) is 0.206. The number of hydrogen-bond donors (Lipinski definition) is 1. The summed E-state index contributed by atoms with van der Waals surface area (Å²) in [7, 11) is 1.57. The molecule has 1 heterocycles. The quantitative estimate of drug-likeness (QED) is 0.621. The number of rotatable bonds is 7. The Labute approximate surface area is 167 Å². The zero-order valence-electron chi connectivity index (χ0n) is 15.4. The van der Waals surface area contributed by atoms with Gasteiger partial charge < -0.3 is 14.6 Å². The number of carbonyl (C=O) groups excluding carboxylic acids is 1. The lowest BCUT2D eigenvalue weighted by Gasteiger charge is -2.20. The summed E-state index contributed by atoms with van der Waals surface area (Å²) in [5, 5.41) is 1.12. The number of nitrogens with one attached hydrogen (secondary N) is 1. The molecular formula is C21H20ClN3O3. The van der Waals surface area contributed by atoms with Crippen LogP contribution in [0.4, 0.5) is 0 Å². The van der Waals surface area contributed by atoms with Crippen LogP contribution in [0.2, 0.25) is 5.02 Å². The van der Waals surface area contributed by atoms with Crippen LogP contribution in [-0.4, -0.2) is 41.0 Å². The summed E-state index contributed by atoms with van der Waals surface area (Å²) in [4.78, 5) is 33.7. The van der Waals surface area contributed by atoms with Gasteiger partial charge in [-0.15, -0.1) is 0 Å². The van der Waals surface area contributed by atoms with Gasteiger partial charge >= 0.3 is 0 Å². The standard InChI is InChI=1S/C21H20ClN3O3/c1-28-12-11-25(20(26)10-9-15-5-4-6-16(22)13-15)14-19-23-18-8-3-2-7-17(18)21(27)24-19/h2-10,13H,11-12,14H2,1H3,(H,23,24,27)/b10-9+. The van der Waals surface area contributed by atoms with E-state index in [0.29, 0.717) is 34.9 Å². The molecule has 1 amide bonds. The predicted octanol–water partition coefficient (Wildman–Crippen LogP) is 3.26. The summed E-state index contributed by atoms with van der Waals surface area (Å²) in [6.07, 6.45) is 3.17. The number of nitrogens with zero attached hydrogens (tertiary/aromatic N) is 2. The Morgan fingerprint density at radius 3 is 2.86 bits per heavy atom. The number of amides is 1. The maximum absolute atomic E-state index is 12.7. The number of methoxy groups -OCH3 is 1. The van der Waals surface area contributed by atoms with E-state index in [1.165, 1.54) is 6.08 Å². The molecule has 7 heteroatoms. The van der Waals surface area contributed by atoms with E-state index in [1.54, 1.807) is 48.4 Å². The van der Waals surface area contributed by atoms with Crippen molar-refractivity contribution in [2.75, 3.05) is 20.3 Å². The zero-order valence-corrected chi connectivity index (χ0v) is 16.1. The van der Waals surface area contributed by atoms with Gasteiger partial charge in [-0.2, -0.15) is 0 Å². The first-order valence-corrected chi connectivity index (χ1v) is 9.14. The van der Waals surface area contributed by atoms with Crippen molar-refractivity contribution in [2.24, 2.45) is 0 Å². The van der Waals surface area contributed by atoms with Crippen LogP contribution in [0.3, 0.4) is 0 Å². The molecule has 3 rings (SSSR count). The van der Waals surface area contributed by atoms with Gasteiger partial charge in [0.05, 0.1) is 24.1 Å². The van der Waals surface area contributed by atoms with Crippen LogP contribution in [0.15, 0.2) is 59.4 Å². The molecule has 2 aromatic carbocycles. The maximum Gasteiger partial charge on any atom is 0.258 e. The Kier molecular flexibility index (Phi) is 6.57. The molecule has 0 bridgehead atoms. The zero-order chi connectivity index (χ0) is 19.9. The van der Waals surface area contributed by atoms with Crippen LogP contribution in [0.5, 0.6) is 0 Å². The van der Waals surface area contributed by atoms with E-state index in [2.05, 4.69) is 9.97 Å². The minimum absolute atomic E-state index is 0.169. The summed E-state index contributed by atoms with van der Waals surface area (Å²) in [6.45, 7) is 0.905. The Morgan fingerprint density at radius 2 is 2.07 bits per heavy atom. The second-order valence-electron chi connectivity index (χ2n) is 6.17. The van der Waals surface area contributed by atoms with Gasteiger partial charge in [-0.05, 0) is 35.9 Å². The summed E-state index contributed by atoms with van der Waals surface area (Å²) in [5.41, 5.74) is 1.19.